The maximum Gasteiger partial charge on any atom is 0.352 e. The Morgan fingerprint density at radius 3 is 2.58 bits per heavy atom. The van der Waals surface area contributed by atoms with Crippen molar-refractivity contribution in [3.63, 3.8) is 0 Å². The summed E-state index contributed by atoms with van der Waals surface area (Å²) in [5.41, 5.74) is 0.838. The Labute approximate surface area is 197 Å². The minimum Gasteiger partial charge on any atom is -0.298 e. The van der Waals surface area contributed by atoms with Crippen LogP contribution >= 0.6 is 11.6 Å². The summed E-state index contributed by atoms with van der Waals surface area (Å²) in [5.74, 6) is 0.668. The Bertz CT molecular complexity index is 1300. The second-order valence-electron chi connectivity index (χ2n) is 8.05. The number of ketones is 1. The Kier molecular flexibility index (Phi) is 7.83. The summed E-state index contributed by atoms with van der Waals surface area (Å²) >= 11 is 6.12. The average molecular weight is 493 g/mol. The predicted molar refractivity (Wildman–Crippen MR) is 125 cm³/mol. The van der Waals surface area contributed by atoms with Gasteiger partial charge in [0.25, 0.3) is 10.1 Å². The normalized spacial score (nSPS) is 11.8. The molecular weight excluding hydrogens is 468 g/mol. The summed E-state index contributed by atoms with van der Waals surface area (Å²) in [6, 6.07) is 10.2. The van der Waals surface area contributed by atoms with Gasteiger partial charge in [-0.15, -0.1) is 5.10 Å². The predicted octanol–water partition coefficient (Wildman–Crippen LogP) is 2.88. The fourth-order valence-corrected chi connectivity index (χ4v) is 3.80. The van der Waals surface area contributed by atoms with Crippen LogP contribution in [0.3, 0.4) is 0 Å². The molecule has 0 saturated carbocycles. The van der Waals surface area contributed by atoms with E-state index in [1.807, 2.05) is 13.8 Å². The minimum absolute atomic E-state index is 0.00862. The molecule has 3 aromatic rings. The second-order valence-corrected chi connectivity index (χ2v) is 10.1. The molecule has 0 N–H and O–H groups in total. The summed E-state index contributed by atoms with van der Waals surface area (Å²) < 4.78 is 29.4. The molecule has 0 aliphatic rings. The number of carbonyl (C=O) groups excluding carboxylic acids is 1. The van der Waals surface area contributed by atoms with Crippen molar-refractivity contribution in [3.05, 3.63) is 63.7 Å². The molecule has 11 heteroatoms. The van der Waals surface area contributed by atoms with E-state index in [0.29, 0.717) is 29.3 Å². The molecule has 0 amide bonds. The van der Waals surface area contributed by atoms with E-state index < -0.39 is 15.8 Å². The zero-order valence-electron chi connectivity index (χ0n) is 18.6. The highest BCUT2D eigenvalue weighted by atomic mass is 35.5. The van der Waals surface area contributed by atoms with E-state index in [1.165, 1.54) is 10.8 Å². The van der Waals surface area contributed by atoms with Crippen LogP contribution in [0.25, 0.3) is 17.2 Å². The van der Waals surface area contributed by atoms with Crippen LogP contribution in [0, 0.1) is 5.92 Å². The smallest absolute Gasteiger partial charge is 0.298 e. The van der Waals surface area contributed by atoms with Crippen molar-refractivity contribution >= 4 is 27.5 Å². The van der Waals surface area contributed by atoms with E-state index in [9.17, 15) is 18.0 Å². The third kappa shape index (κ3) is 6.83. The van der Waals surface area contributed by atoms with Gasteiger partial charge in [0.2, 0.25) is 0 Å². The molecule has 176 valence electrons. The van der Waals surface area contributed by atoms with Crippen molar-refractivity contribution in [1.29, 1.82) is 0 Å². The zero-order chi connectivity index (χ0) is 24.2. The van der Waals surface area contributed by atoms with E-state index >= 15 is 0 Å². The number of benzene rings is 1. The first kappa shape index (κ1) is 24.8. The van der Waals surface area contributed by atoms with Crippen LogP contribution in [0.1, 0.15) is 25.8 Å². The van der Waals surface area contributed by atoms with E-state index in [1.54, 1.807) is 36.4 Å². The van der Waals surface area contributed by atoms with Crippen LogP contribution in [0.2, 0.25) is 5.02 Å². The van der Waals surface area contributed by atoms with Gasteiger partial charge < -0.3 is 0 Å². The number of carbonyl (C=O) groups is 1. The monoisotopic (exact) mass is 492 g/mol. The van der Waals surface area contributed by atoms with Gasteiger partial charge in [-0.3, -0.25) is 13.5 Å². The van der Waals surface area contributed by atoms with Gasteiger partial charge in [-0.25, -0.2) is 9.78 Å². The van der Waals surface area contributed by atoms with Crippen LogP contribution in [0.15, 0.2) is 47.4 Å². The lowest BCUT2D eigenvalue weighted by Crippen LogP contribution is -2.27. The van der Waals surface area contributed by atoms with Crippen LogP contribution in [-0.2, 0) is 32.1 Å². The molecule has 0 unspecified atom stereocenters. The molecule has 1 aromatic carbocycles. The molecule has 2 aromatic heterocycles. The number of hydrogen-bond acceptors (Lipinski definition) is 7. The molecule has 0 radical (unpaired) electrons. The summed E-state index contributed by atoms with van der Waals surface area (Å²) in [6.45, 7) is 3.76. The molecule has 3 rings (SSSR count). The van der Waals surface area contributed by atoms with Gasteiger partial charge in [-0.1, -0.05) is 43.6 Å². The molecule has 0 fully saturated rings. The van der Waals surface area contributed by atoms with E-state index in [2.05, 4.69) is 10.1 Å². The van der Waals surface area contributed by atoms with Gasteiger partial charge in [-0.2, -0.15) is 13.1 Å². The molecule has 0 bridgehead atoms. The maximum absolute atomic E-state index is 13.2. The highest BCUT2D eigenvalue weighted by Crippen LogP contribution is 2.21. The Morgan fingerprint density at radius 2 is 1.97 bits per heavy atom. The zero-order valence-corrected chi connectivity index (χ0v) is 20.1. The fourth-order valence-electron chi connectivity index (χ4n) is 3.23. The van der Waals surface area contributed by atoms with Gasteiger partial charge in [-0.05, 0) is 36.1 Å². The number of Topliss-reactive ketones (excluding diaryl/α,β-unsaturated/α-hetero) is 1. The molecular formula is C22H25ClN4O5S. The Balaban J connectivity index is 1.94. The molecule has 0 spiro atoms. The summed E-state index contributed by atoms with van der Waals surface area (Å²) in [4.78, 5) is 30.0. The van der Waals surface area contributed by atoms with E-state index in [-0.39, 0.29) is 30.7 Å². The largest absolute Gasteiger partial charge is 0.352 e. The summed E-state index contributed by atoms with van der Waals surface area (Å²) in [6.07, 6.45) is 3.19. The lowest BCUT2D eigenvalue weighted by molar-refractivity contribution is -0.120. The quantitative estimate of drug-likeness (QED) is 0.400. The summed E-state index contributed by atoms with van der Waals surface area (Å²) in [5, 5.41) is 4.92. The topological polar surface area (TPSA) is 113 Å². The molecule has 0 saturated heterocycles. The van der Waals surface area contributed by atoms with Crippen molar-refractivity contribution in [2.45, 2.75) is 33.2 Å². The third-order valence-electron chi connectivity index (χ3n) is 4.63. The first-order valence-corrected chi connectivity index (χ1v) is 12.5. The lowest BCUT2D eigenvalue weighted by Gasteiger charge is -2.07. The lowest BCUT2D eigenvalue weighted by atomic mass is 10.1. The van der Waals surface area contributed by atoms with Crippen molar-refractivity contribution in [2.75, 3.05) is 12.9 Å². The Morgan fingerprint density at radius 1 is 1.21 bits per heavy atom. The highest BCUT2D eigenvalue weighted by molar-refractivity contribution is 7.85. The fraction of sp³-hybridized carbons (Fsp3) is 0.364. The van der Waals surface area contributed by atoms with Crippen molar-refractivity contribution in [2.24, 2.45) is 5.92 Å². The Hall–Kier alpha value is -2.82. The van der Waals surface area contributed by atoms with Crippen LogP contribution in [0.4, 0.5) is 0 Å². The van der Waals surface area contributed by atoms with Crippen molar-refractivity contribution in [3.8, 4) is 17.2 Å². The number of halogens is 1. The van der Waals surface area contributed by atoms with Gasteiger partial charge in [0.1, 0.15) is 0 Å². The number of nitrogens with zero attached hydrogens (tertiary/aromatic N) is 4. The maximum atomic E-state index is 13.2. The molecule has 2 heterocycles. The van der Waals surface area contributed by atoms with Crippen LogP contribution in [-0.4, -0.2) is 46.4 Å². The standard InChI is InChI=1S/C22H25ClN4O5S/c1-15(2)11-19(28)14-26-21(17-5-4-6-18(23)12-17)25-27(22(26)29)20-8-7-16(13-24-20)9-10-32-33(3,30)31/h4-8,12-13,15H,9-11,14H2,1-3H3. The van der Waals surface area contributed by atoms with Gasteiger partial charge in [0.05, 0.1) is 19.4 Å². The number of hydrogen-bond donors (Lipinski definition) is 0. The van der Waals surface area contributed by atoms with Gasteiger partial charge in [0, 0.05) is 23.2 Å². The minimum atomic E-state index is -3.52. The SMILES string of the molecule is CC(C)CC(=O)Cn1c(-c2cccc(Cl)c2)nn(-c2ccc(CCOS(C)(=O)=O)cn2)c1=O. The van der Waals surface area contributed by atoms with E-state index in [0.717, 1.165) is 16.5 Å². The first-order valence-electron chi connectivity index (χ1n) is 10.3. The van der Waals surface area contributed by atoms with Crippen LogP contribution < -0.4 is 5.69 Å². The highest BCUT2D eigenvalue weighted by Gasteiger charge is 2.20. The molecule has 0 aliphatic carbocycles. The number of rotatable bonds is 10. The van der Waals surface area contributed by atoms with Crippen LogP contribution in [0.5, 0.6) is 0 Å². The molecule has 0 atom stereocenters. The molecule has 0 aliphatic heterocycles. The van der Waals surface area contributed by atoms with E-state index in [4.69, 9.17) is 15.8 Å². The average Bonchev–Trinajstić information content (AvgIpc) is 3.03. The first-order chi connectivity index (χ1) is 15.5. The van der Waals surface area contributed by atoms with Gasteiger partial charge in [0.15, 0.2) is 17.4 Å². The second kappa shape index (κ2) is 10.4. The number of aromatic nitrogens is 4. The molecule has 33 heavy (non-hydrogen) atoms. The van der Waals surface area contributed by atoms with Crippen molar-refractivity contribution in [1.82, 2.24) is 19.3 Å². The van der Waals surface area contributed by atoms with Crippen molar-refractivity contribution < 1.29 is 17.4 Å². The van der Waals surface area contributed by atoms with Gasteiger partial charge >= 0.3 is 5.69 Å². The molecule has 9 nitrogen and oxygen atoms in total. The summed E-state index contributed by atoms with van der Waals surface area (Å²) in [7, 11) is -3.52. The number of pyridine rings is 1. The third-order valence-corrected chi connectivity index (χ3v) is 5.46.